The van der Waals surface area contributed by atoms with Crippen LogP contribution in [-0.4, -0.2) is 24.0 Å². The molecule has 0 unspecified atom stereocenters. The van der Waals surface area contributed by atoms with E-state index in [4.69, 9.17) is 0 Å². The van der Waals surface area contributed by atoms with Crippen LogP contribution in [0.5, 0.6) is 0 Å². The first-order valence-electron chi connectivity index (χ1n) is 12.9. The lowest BCUT2D eigenvalue weighted by atomic mass is 9.37. The van der Waals surface area contributed by atoms with E-state index in [2.05, 4.69) is 93.6 Å². The normalized spacial score (nSPS) is 11.0. The predicted octanol–water partition coefficient (Wildman–Crippen LogP) is 7.88. The Balaban J connectivity index is 1.83. The highest BCUT2D eigenvalue weighted by Gasteiger charge is 2.21. The van der Waals surface area contributed by atoms with Crippen LogP contribution >= 0.6 is 35.3 Å². The summed E-state index contributed by atoms with van der Waals surface area (Å²) in [4.78, 5) is 4.13. The maximum atomic E-state index is 2.34. The second-order valence-electron chi connectivity index (χ2n) is 8.75. The molecule has 0 atom stereocenters. The number of rotatable bonds is 15. The van der Waals surface area contributed by atoms with Gasteiger partial charge in [-0.1, -0.05) is 92.8 Å². The van der Waals surface area contributed by atoms with Crippen LogP contribution in [0.2, 0.25) is 0 Å². The smallest absolute Gasteiger partial charge is 0.126 e. The predicted molar refractivity (Wildman–Crippen MR) is 161 cm³/mol. The van der Waals surface area contributed by atoms with Crippen LogP contribution in [0.1, 0.15) is 59.3 Å². The molecule has 0 aliphatic carbocycles. The highest BCUT2D eigenvalue weighted by molar-refractivity contribution is 7.99. The van der Waals surface area contributed by atoms with Crippen molar-refractivity contribution >= 4 is 58.4 Å². The summed E-state index contributed by atoms with van der Waals surface area (Å²) < 4.78 is 0. The second-order valence-corrected chi connectivity index (χ2v) is 12.3. The lowest BCUT2D eigenvalue weighted by molar-refractivity contribution is 0.896. The van der Waals surface area contributed by atoms with Gasteiger partial charge in [0, 0.05) is 14.7 Å². The number of unbranched alkanes of at least 4 members (excludes halogenated alkanes) is 3. The molecule has 34 heavy (non-hydrogen) atoms. The average molecular weight is 507 g/mol. The molecule has 4 heteroatoms. The van der Waals surface area contributed by atoms with Gasteiger partial charge in [-0.3, -0.25) is 0 Å². The fourth-order valence-corrected chi connectivity index (χ4v) is 6.84. The maximum absolute atomic E-state index is 2.34. The minimum Gasteiger partial charge on any atom is -0.126 e. The fraction of sp³-hybridized carbons (Fsp3) is 0.400. The Bertz CT molecular complexity index is 809. The van der Waals surface area contributed by atoms with Crippen molar-refractivity contribution in [1.82, 2.24) is 0 Å². The van der Waals surface area contributed by atoms with Gasteiger partial charge in [0.1, 0.15) is 0 Å². The van der Waals surface area contributed by atoms with Crippen molar-refractivity contribution in [1.29, 1.82) is 0 Å². The molecule has 3 aromatic rings. The molecular formula is C30H39BS3. The summed E-state index contributed by atoms with van der Waals surface area (Å²) in [6.07, 6.45) is 7.60. The Kier molecular flexibility index (Phi) is 12.6. The van der Waals surface area contributed by atoms with E-state index in [9.17, 15) is 0 Å². The lowest BCUT2D eigenvalue weighted by Gasteiger charge is -2.17. The second kappa shape index (κ2) is 15.7. The fourth-order valence-electron chi connectivity index (χ4n) is 3.85. The van der Waals surface area contributed by atoms with E-state index in [0.29, 0.717) is 0 Å². The summed E-state index contributed by atoms with van der Waals surface area (Å²) in [6, 6.07) is 27.9. The van der Waals surface area contributed by atoms with E-state index in [0.717, 1.165) is 0 Å². The van der Waals surface area contributed by atoms with Crippen molar-refractivity contribution in [3.8, 4) is 0 Å². The van der Waals surface area contributed by atoms with E-state index in [-0.39, 0.29) is 6.71 Å². The monoisotopic (exact) mass is 506 g/mol. The molecule has 0 fully saturated rings. The lowest BCUT2D eigenvalue weighted by Crippen LogP contribution is -2.51. The molecule has 0 N–H and O–H groups in total. The molecule has 0 radical (unpaired) electrons. The van der Waals surface area contributed by atoms with Crippen molar-refractivity contribution in [2.75, 3.05) is 17.3 Å². The third-order valence-corrected chi connectivity index (χ3v) is 9.24. The molecule has 0 nitrogen and oxygen atoms in total. The summed E-state index contributed by atoms with van der Waals surface area (Å²) in [5.74, 6) is 3.61. The largest absolute Gasteiger partial charge is 0.241 e. The van der Waals surface area contributed by atoms with Crippen LogP contribution in [0.15, 0.2) is 87.5 Å². The zero-order valence-electron chi connectivity index (χ0n) is 21.1. The van der Waals surface area contributed by atoms with Crippen LogP contribution in [0.4, 0.5) is 0 Å². The molecule has 3 aromatic carbocycles. The van der Waals surface area contributed by atoms with Gasteiger partial charge in [0.15, 0.2) is 0 Å². The van der Waals surface area contributed by atoms with Crippen LogP contribution in [-0.2, 0) is 0 Å². The minimum atomic E-state index is 0.263. The van der Waals surface area contributed by atoms with Crippen LogP contribution in [0.25, 0.3) is 0 Å². The third kappa shape index (κ3) is 8.77. The number of thioether (sulfide) groups is 3. The summed E-state index contributed by atoms with van der Waals surface area (Å²) in [6.45, 7) is 7.04. The van der Waals surface area contributed by atoms with Crippen molar-refractivity contribution in [2.45, 2.75) is 74.0 Å². The summed E-state index contributed by atoms with van der Waals surface area (Å²) in [5, 5.41) is 0. The zero-order chi connectivity index (χ0) is 24.0. The van der Waals surface area contributed by atoms with Gasteiger partial charge in [-0.05, 0) is 72.9 Å². The van der Waals surface area contributed by atoms with E-state index < -0.39 is 0 Å². The quantitative estimate of drug-likeness (QED) is 0.117. The zero-order valence-corrected chi connectivity index (χ0v) is 23.5. The number of hydrogen-bond acceptors (Lipinski definition) is 3. The molecule has 0 saturated heterocycles. The van der Waals surface area contributed by atoms with Crippen molar-refractivity contribution in [3.63, 3.8) is 0 Å². The molecule has 0 bridgehead atoms. The first-order valence-corrected chi connectivity index (χ1v) is 15.9. The molecule has 0 aliphatic rings. The van der Waals surface area contributed by atoms with Crippen LogP contribution in [0.3, 0.4) is 0 Å². The molecule has 0 saturated carbocycles. The Labute approximate surface area is 221 Å². The Morgan fingerprint density at radius 1 is 0.441 bits per heavy atom. The Morgan fingerprint density at radius 3 is 0.941 bits per heavy atom. The molecule has 0 heterocycles. The van der Waals surface area contributed by atoms with Crippen molar-refractivity contribution in [2.24, 2.45) is 0 Å². The molecule has 0 amide bonds. The average Bonchev–Trinajstić information content (AvgIpc) is 2.87. The molecule has 0 aliphatic heterocycles. The molecule has 3 rings (SSSR count). The van der Waals surface area contributed by atoms with Gasteiger partial charge in [0.25, 0.3) is 0 Å². The summed E-state index contributed by atoms with van der Waals surface area (Å²) in [7, 11) is 0. The van der Waals surface area contributed by atoms with E-state index in [1.54, 1.807) is 0 Å². The summed E-state index contributed by atoms with van der Waals surface area (Å²) in [5.41, 5.74) is 4.12. The molecule has 180 valence electrons. The molecular weight excluding hydrogens is 467 g/mol. The molecule has 0 spiro atoms. The SMILES string of the molecule is CCCCSc1ccc(B(c2ccc(SCCCC)cc2)c2ccc(SCCCC)cc2)cc1. The van der Waals surface area contributed by atoms with E-state index in [1.807, 2.05) is 35.3 Å². The van der Waals surface area contributed by atoms with Gasteiger partial charge in [-0.15, -0.1) is 35.3 Å². The minimum absolute atomic E-state index is 0.263. The van der Waals surface area contributed by atoms with Gasteiger partial charge in [0.05, 0.1) is 0 Å². The van der Waals surface area contributed by atoms with Crippen LogP contribution in [0, 0.1) is 0 Å². The van der Waals surface area contributed by atoms with E-state index in [1.165, 1.54) is 86.9 Å². The number of hydrogen-bond donors (Lipinski definition) is 0. The van der Waals surface area contributed by atoms with Gasteiger partial charge >= 0.3 is 0 Å². The topological polar surface area (TPSA) is 0 Å². The van der Waals surface area contributed by atoms with E-state index >= 15 is 0 Å². The highest BCUT2D eigenvalue weighted by atomic mass is 32.2. The third-order valence-electron chi connectivity index (χ3n) is 5.94. The van der Waals surface area contributed by atoms with Gasteiger partial charge < -0.3 is 0 Å². The van der Waals surface area contributed by atoms with Gasteiger partial charge in [0.2, 0.25) is 6.71 Å². The van der Waals surface area contributed by atoms with Gasteiger partial charge in [-0.25, -0.2) is 0 Å². The highest BCUT2D eigenvalue weighted by Crippen LogP contribution is 2.21. The van der Waals surface area contributed by atoms with Crippen molar-refractivity contribution < 1.29 is 0 Å². The Hall–Kier alpha value is -1.23. The maximum Gasteiger partial charge on any atom is 0.241 e. The van der Waals surface area contributed by atoms with Gasteiger partial charge in [-0.2, -0.15) is 0 Å². The Morgan fingerprint density at radius 2 is 0.706 bits per heavy atom. The van der Waals surface area contributed by atoms with Crippen LogP contribution < -0.4 is 16.4 Å². The molecule has 0 aromatic heterocycles. The summed E-state index contributed by atoms with van der Waals surface area (Å²) >= 11 is 5.92. The standard InChI is InChI=1S/C30H39BS3/c1-4-7-22-32-28-16-10-25(11-17-28)31(26-12-18-29(19-13-26)33-23-8-5-2)27-14-20-30(21-15-27)34-24-9-6-3/h10-21H,4-9,22-24H2,1-3H3. The number of benzene rings is 3. The first-order chi connectivity index (χ1) is 16.7. The van der Waals surface area contributed by atoms with Crippen molar-refractivity contribution in [3.05, 3.63) is 72.8 Å². The first kappa shape index (κ1) is 27.4.